The molecule has 1 aliphatic carbocycles. The van der Waals surface area contributed by atoms with Gasteiger partial charge in [-0.25, -0.2) is 0 Å². The molecule has 1 amide bonds. The van der Waals surface area contributed by atoms with Crippen molar-refractivity contribution in [3.8, 4) is 0 Å². The molecule has 20 heavy (non-hydrogen) atoms. The van der Waals surface area contributed by atoms with E-state index in [4.69, 9.17) is 11.6 Å². The quantitative estimate of drug-likeness (QED) is 0.849. The molecule has 1 aromatic carbocycles. The minimum atomic E-state index is -0.319. The molecule has 1 saturated carbocycles. The molecule has 1 aliphatic rings. The van der Waals surface area contributed by atoms with Gasteiger partial charge in [0, 0.05) is 17.0 Å². The number of halogens is 1. The molecule has 3 atom stereocenters. The first-order valence-electron chi connectivity index (χ1n) is 6.64. The molecule has 1 N–H and O–H groups in total. The number of amides is 1. The summed E-state index contributed by atoms with van der Waals surface area (Å²) in [6, 6.07) is 7.39. The van der Waals surface area contributed by atoms with Crippen molar-refractivity contribution >= 4 is 23.5 Å². The van der Waals surface area contributed by atoms with E-state index in [0.29, 0.717) is 5.02 Å². The third-order valence-corrected chi connectivity index (χ3v) is 3.73. The van der Waals surface area contributed by atoms with Crippen LogP contribution in [0.3, 0.4) is 0 Å². The summed E-state index contributed by atoms with van der Waals surface area (Å²) in [6.45, 7) is 1.80. The average molecular weight is 296 g/mol. The second kappa shape index (κ2) is 6.27. The summed E-state index contributed by atoms with van der Waals surface area (Å²) in [5.41, 5.74) is 1.10. The number of carbonyl (C=O) groups is 2. The molecule has 0 saturated heterocycles. The Labute approximate surface area is 123 Å². The normalized spacial score (nSPS) is 21.9. The minimum absolute atomic E-state index is 0.00798. The Morgan fingerprint density at radius 3 is 2.90 bits per heavy atom. The number of methoxy groups -OCH3 is 1. The van der Waals surface area contributed by atoms with Gasteiger partial charge < -0.3 is 10.1 Å². The van der Waals surface area contributed by atoms with Crippen LogP contribution in [0.2, 0.25) is 5.02 Å². The Morgan fingerprint density at radius 2 is 2.25 bits per heavy atom. The van der Waals surface area contributed by atoms with Gasteiger partial charge in [-0.1, -0.05) is 23.7 Å². The average Bonchev–Trinajstić information content (AvgIpc) is 3.18. The fraction of sp³-hybridized carbons (Fsp3) is 0.467. The number of nitrogens with one attached hydrogen (secondary N) is 1. The third kappa shape index (κ3) is 3.73. The van der Waals surface area contributed by atoms with Gasteiger partial charge in [-0.15, -0.1) is 0 Å². The van der Waals surface area contributed by atoms with E-state index in [-0.39, 0.29) is 36.2 Å². The van der Waals surface area contributed by atoms with Gasteiger partial charge in [0.25, 0.3) is 0 Å². The van der Waals surface area contributed by atoms with Crippen molar-refractivity contribution in [2.45, 2.75) is 31.7 Å². The van der Waals surface area contributed by atoms with Gasteiger partial charge in [0.05, 0.1) is 13.5 Å². The van der Waals surface area contributed by atoms with Gasteiger partial charge in [0.1, 0.15) is 0 Å². The van der Waals surface area contributed by atoms with Crippen molar-refractivity contribution in [1.82, 2.24) is 5.32 Å². The summed E-state index contributed by atoms with van der Waals surface area (Å²) >= 11 is 5.95. The van der Waals surface area contributed by atoms with Crippen molar-refractivity contribution in [3.63, 3.8) is 0 Å². The van der Waals surface area contributed by atoms with Crippen molar-refractivity contribution in [3.05, 3.63) is 34.9 Å². The van der Waals surface area contributed by atoms with E-state index < -0.39 is 0 Å². The molecule has 0 bridgehead atoms. The lowest BCUT2D eigenvalue weighted by Gasteiger charge is -2.12. The van der Waals surface area contributed by atoms with E-state index in [9.17, 15) is 9.59 Å². The molecule has 2 rings (SSSR count). The molecule has 0 aromatic heterocycles. The monoisotopic (exact) mass is 295 g/mol. The van der Waals surface area contributed by atoms with Crippen LogP contribution in [-0.2, 0) is 14.3 Å². The number of hydrogen-bond donors (Lipinski definition) is 1. The lowest BCUT2D eigenvalue weighted by molar-refractivity contribution is -0.141. The highest BCUT2D eigenvalue weighted by Gasteiger charge is 2.44. The molecule has 108 valence electrons. The van der Waals surface area contributed by atoms with Crippen LogP contribution in [-0.4, -0.2) is 25.0 Å². The fourth-order valence-corrected chi connectivity index (χ4v) is 2.52. The van der Waals surface area contributed by atoms with Crippen LogP contribution in [0.4, 0.5) is 0 Å². The van der Waals surface area contributed by atoms with Crippen molar-refractivity contribution in [1.29, 1.82) is 0 Å². The molecular weight excluding hydrogens is 278 g/mol. The third-order valence-electron chi connectivity index (χ3n) is 3.49. The molecule has 0 radical (unpaired) electrons. The molecular formula is C15H18ClNO3. The van der Waals surface area contributed by atoms with Crippen LogP contribution in [0.25, 0.3) is 0 Å². The Balaban J connectivity index is 1.85. The SMILES string of the molecule is COC(=O)C[C@H](C)NC(=O)[C@@H]1C[C@@H]1c1cccc(Cl)c1. The summed E-state index contributed by atoms with van der Waals surface area (Å²) in [5, 5.41) is 3.54. The zero-order valence-electron chi connectivity index (χ0n) is 11.6. The van der Waals surface area contributed by atoms with Crippen LogP contribution < -0.4 is 5.32 Å². The number of hydrogen-bond acceptors (Lipinski definition) is 3. The maximum Gasteiger partial charge on any atom is 0.307 e. The van der Waals surface area contributed by atoms with Crippen LogP contribution in [0.15, 0.2) is 24.3 Å². The first-order valence-corrected chi connectivity index (χ1v) is 7.01. The number of rotatable bonds is 5. The number of ether oxygens (including phenoxy) is 1. The predicted molar refractivity (Wildman–Crippen MR) is 76.5 cm³/mol. The summed E-state index contributed by atoms with van der Waals surface area (Å²) in [4.78, 5) is 23.2. The molecule has 0 unspecified atom stereocenters. The van der Waals surface area contributed by atoms with Crippen molar-refractivity contribution in [2.24, 2.45) is 5.92 Å². The topological polar surface area (TPSA) is 55.4 Å². The van der Waals surface area contributed by atoms with Crippen LogP contribution >= 0.6 is 11.6 Å². The van der Waals surface area contributed by atoms with Crippen LogP contribution in [0, 0.1) is 5.92 Å². The van der Waals surface area contributed by atoms with Crippen molar-refractivity contribution < 1.29 is 14.3 Å². The second-order valence-corrected chi connectivity index (χ2v) is 5.63. The van der Waals surface area contributed by atoms with Crippen LogP contribution in [0.1, 0.15) is 31.2 Å². The maximum atomic E-state index is 12.1. The second-order valence-electron chi connectivity index (χ2n) is 5.19. The lowest BCUT2D eigenvalue weighted by atomic mass is 10.1. The molecule has 0 heterocycles. The number of esters is 1. The first-order chi connectivity index (χ1) is 9.51. The summed E-state index contributed by atoms with van der Waals surface area (Å²) in [5.74, 6) is -0.112. The van der Waals surface area contributed by atoms with E-state index in [1.54, 1.807) is 6.92 Å². The molecule has 5 heteroatoms. The number of benzene rings is 1. The van der Waals surface area contributed by atoms with Crippen molar-refractivity contribution in [2.75, 3.05) is 7.11 Å². The molecule has 1 aromatic rings. The minimum Gasteiger partial charge on any atom is -0.469 e. The highest BCUT2D eigenvalue weighted by atomic mass is 35.5. The smallest absolute Gasteiger partial charge is 0.307 e. The van der Waals surface area contributed by atoms with Crippen LogP contribution in [0.5, 0.6) is 0 Å². The maximum absolute atomic E-state index is 12.1. The van der Waals surface area contributed by atoms with Gasteiger partial charge in [0.2, 0.25) is 5.91 Å². The van der Waals surface area contributed by atoms with Gasteiger partial charge in [0.15, 0.2) is 0 Å². The Hall–Kier alpha value is -1.55. The fourth-order valence-electron chi connectivity index (χ4n) is 2.32. The highest BCUT2D eigenvalue weighted by Crippen LogP contribution is 2.47. The van der Waals surface area contributed by atoms with Gasteiger partial charge in [-0.2, -0.15) is 0 Å². The first kappa shape index (κ1) is 14.9. The lowest BCUT2D eigenvalue weighted by Crippen LogP contribution is -2.35. The van der Waals surface area contributed by atoms with E-state index in [2.05, 4.69) is 10.1 Å². The van der Waals surface area contributed by atoms with E-state index >= 15 is 0 Å². The van der Waals surface area contributed by atoms with E-state index in [1.165, 1.54) is 7.11 Å². The van der Waals surface area contributed by atoms with E-state index in [0.717, 1.165) is 12.0 Å². The number of carbonyl (C=O) groups excluding carboxylic acids is 2. The standard InChI is InChI=1S/C15H18ClNO3/c1-9(6-14(18)20-2)17-15(19)13-8-12(13)10-4-3-5-11(16)7-10/h3-5,7,9,12-13H,6,8H2,1-2H3,(H,17,19)/t9-,12+,13+/m0/s1. The van der Waals surface area contributed by atoms with E-state index in [1.807, 2.05) is 24.3 Å². The molecule has 4 nitrogen and oxygen atoms in total. The molecule has 1 fully saturated rings. The molecule has 0 spiro atoms. The largest absolute Gasteiger partial charge is 0.469 e. The Morgan fingerprint density at radius 1 is 1.50 bits per heavy atom. The van der Waals surface area contributed by atoms with Gasteiger partial charge in [-0.05, 0) is 37.0 Å². The summed E-state index contributed by atoms with van der Waals surface area (Å²) in [6.07, 6.45) is 1.02. The highest BCUT2D eigenvalue weighted by molar-refractivity contribution is 6.30. The zero-order chi connectivity index (χ0) is 14.7. The van der Waals surface area contributed by atoms with Gasteiger partial charge in [-0.3, -0.25) is 9.59 Å². The summed E-state index contributed by atoms with van der Waals surface area (Å²) < 4.78 is 4.58. The Bertz CT molecular complexity index is 518. The van der Waals surface area contributed by atoms with Gasteiger partial charge >= 0.3 is 5.97 Å². The summed E-state index contributed by atoms with van der Waals surface area (Å²) in [7, 11) is 1.34. The zero-order valence-corrected chi connectivity index (χ0v) is 12.3. The molecule has 0 aliphatic heterocycles. The predicted octanol–water partition coefficient (Wildman–Crippen LogP) is 2.51. The Kier molecular flexibility index (Phi) is 4.65.